The molecule has 1 saturated heterocycles. The van der Waals surface area contributed by atoms with Crippen LogP contribution in [0.5, 0.6) is 0 Å². The van der Waals surface area contributed by atoms with Crippen molar-refractivity contribution in [3.63, 3.8) is 0 Å². The predicted octanol–water partition coefficient (Wildman–Crippen LogP) is 1.67. The van der Waals surface area contributed by atoms with Gasteiger partial charge < -0.3 is 5.32 Å². The van der Waals surface area contributed by atoms with E-state index in [0.29, 0.717) is 11.3 Å². The van der Waals surface area contributed by atoms with Crippen molar-refractivity contribution >= 4 is 23.4 Å². The second-order valence-corrected chi connectivity index (χ2v) is 6.00. The highest BCUT2D eigenvalue weighted by Gasteiger charge is 2.48. The maximum Gasteiger partial charge on any atom is 0.244 e. The molecule has 6 heteroatoms. The predicted molar refractivity (Wildman–Crippen MR) is 82.0 cm³/mol. The van der Waals surface area contributed by atoms with Crippen molar-refractivity contribution in [1.29, 1.82) is 5.26 Å². The van der Waals surface area contributed by atoms with Crippen LogP contribution in [0.1, 0.15) is 31.2 Å². The molecule has 1 heterocycles. The van der Waals surface area contributed by atoms with E-state index in [-0.39, 0.29) is 30.2 Å². The number of nitrogens with zero attached hydrogens (tertiary/aromatic N) is 2. The number of fused-ring (bicyclic) bond motifs is 1. The quantitative estimate of drug-likeness (QED) is 0.860. The smallest absolute Gasteiger partial charge is 0.244 e. The molecule has 0 radical (unpaired) electrons. The summed E-state index contributed by atoms with van der Waals surface area (Å²) in [6.45, 7) is -0.245. The van der Waals surface area contributed by atoms with E-state index in [2.05, 4.69) is 5.32 Å². The molecule has 1 aliphatic heterocycles. The number of imide groups is 1. The van der Waals surface area contributed by atoms with Gasteiger partial charge in [0.15, 0.2) is 0 Å². The molecule has 1 aromatic carbocycles. The van der Waals surface area contributed by atoms with Crippen LogP contribution in [0.15, 0.2) is 24.3 Å². The Kier molecular flexibility index (Phi) is 4.11. The minimum absolute atomic E-state index is 0.213. The Labute approximate surface area is 134 Å². The average molecular weight is 311 g/mol. The molecule has 0 unspecified atom stereocenters. The van der Waals surface area contributed by atoms with E-state index in [1.54, 1.807) is 24.3 Å². The van der Waals surface area contributed by atoms with Crippen LogP contribution < -0.4 is 5.32 Å². The van der Waals surface area contributed by atoms with Gasteiger partial charge in [0.2, 0.25) is 17.7 Å². The van der Waals surface area contributed by atoms with Crippen LogP contribution in [-0.4, -0.2) is 29.2 Å². The summed E-state index contributed by atoms with van der Waals surface area (Å²) in [5.74, 6) is -1.31. The zero-order valence-corrected chi connectivity index (χ0v) is 12.6. The highest BCUT2D eigenvalue weighted by atomic mass is 16.2. The summed E-state index contributed by atoms with van der Waals surface area (Å²) in [5, 5.41) is 11.4. The van der Waals surface area contributed by atoms with Crippen LogP contribution >= 0.6 is 0 Å². The maximum absolute atomic E-state index is 12.3. The molecule has 118 valence electrons. The third-order valence-electron chi connectivity index (χ3n) is 4.53. The van der Waals surface area contributed by atoms with E-state index in [9.17, 15) is 14.4 Å². The zero-order chi connectivity index (χ0) is 16.4. The van der Waals surface area contributed by atoms with Crippen molar-refractivity contribution in [3.8, 4) is 6.07 Å². The van der Waals surface area contributed by atoms with Gasteiger partial charge in [0.25, 0.3) is 0 Å². The first-order valence-electron chi connectivity index (χ1n) is 7.75. The lowest BCUT2D eigenvalue weighted by molar-refractivity contribution is -0.142. The molecule has 1 N–H and O–H groups in total. The fourth-order valence-electron chi connectivity index (χ4n) is 3.36. The van der Waals surface area contributed by atoms with Crippen molar-refractivity contribution < 1.29 is 14.4 Å². The van der Waals surface area contributed by atoms with Crippen molar-refractivity contribution in [2.24, 2.45) is 11.8 Å². The van der Waals surface area contributed by atoms with Gasteiger partial charge in [-0.25, -0.2) is 0 Å². The average Bonchev–Trinajstić information content (AvgIpc) is 2.81. The molecule has 23 heavy (non-hydrogen) atoms. The summed E-state index contributed by atoms with van der Waals surface area (Å²) in [6.07, 6.45) is 3.41. The molecule has 6 nitrogen and oxygen atoms in total. The normalized spacial score (nSPS) is 23.3. The summed E-state index contributed by atoms with van der Waals surface area (Å²) < 4.78 is 0. The summed E-state index contributed by atoms with van der Waals surface area (Å²) in [6, 6.07) is 8.41. The van der Waals surface area contributed by atoms with Gasteiger partial charge in [-0.3, -0.25) is 19.3 Å². The van der Waals surface area contributed by atoms with E-state index < -0.39 is 5.91 Å². The van der Waals surface area contributed by atoms with Crippen LogP contribution in [0.3, 0.4) is 0 Å². The van der Waals surface area contributed by atoms with Crippen LogP contribution in [0.25, 0.3) is 0 Å². The SMILES string of the molecule is N#Cc1ccc(NC(=O)CN2C(=O)[C@H]3CCCC[C@H]3C2=O)cc1. The highest BCUT2D eigenvalue weighted by molar-refractivity contribution is 6.08. The molecule has 1 aromatic rings. The molecule has 0 bridgehead atoms. The van der Waals surface area contributed by atoms with Gasteiger partial charge >= 0.3 is 0 Å². The summed E-state index contributed by atoms with van der Waals surface area (Å²) in [7, 11) is 0. The van der Waals surface area contributed by atoms with E-state index >= 15 is 0 Å². The Balaban J connectivity index is 1.64. The molecule has 2 atom stereocenters. The molecule has 3 rings (SSSR count). The highest BCUT2D eigenvalue weighted by Crippen LogP contribution is 2.37. The largest absolute Gasteiger partial charge is 0.325 e. The number of anilines is 1. The number of nitriles is 1. The van der Waals surface area contributed by atoms with Gasteiger partial charge in [-0.15, -0.1) is 0 Å². The second kappa shape index (κ2) is 6.21. The van der Waals surface area contributed by atoms with Gasteiger partial charge in [0.1, 0.15) is 6.54 Å². The third kappa shape index (κ3) is 2.95. The lowest BCUT2D eigenvalue weighted by Gasteiger charge is -2.19. The van der Waals surface area contributed by atoms with Gasteiger partial charge in [0, 0.05) is 5.69 Å². The number of carbonyl (C=O) groups is 3. The van der Waals surface area contributed by atoms with E-state index in [1.165, 1.54) is 0 Å². The monoisotopic (exact) mass is 311 g/mol. The first-order chi connectivity index (χ1) is 11.1. The van der Waals surface area contributed by atoms with Crippen LogP contribution in [0, 0.1) is 23.2 Å². The molecule has 1 saturated carbocycles. The minimum atomic E-state index is -0.407. The number of amides is 3. The Morgan fingerprint density at radius 1 is 1.13 bits per heavy atom. The number of hydrogen-bond acceptors (Lipinski definition) is 4. The van der Waals surface area contributed by atoms with Crippen molar-refractivity contribution in [2.75, 3.05) is 11.9 Å². The number of benzene rings is 1. The Morgan fingerprint density at radius 2 is 1.70 bits per heavy atom. The first-order valence-corrected chi connectivity index (χ1v) is 7.75. The molecular weight excluding hydrogens is 294 g/mol. The molecule has 2 fully saturated rings. The summed E-state index contributed by atoms with van der Waals surface area (Å²) in [5.41, 5.74) is 1.03. The minimum Gasteiger partial charge on any atom is -0.325 e. The summed E-state index contributed by atoms with van der Waals surface area (Å²) in [4.78, 5) is 37.8. The topological polar surface area (TPSA) is 90.3 Å². The fourth-order valence-corrected chi connectivity index (χ4v) is 3.36. The number of carbonyl (C=O) groups excluding carboxylic acids is 3. The Morgan fingerprint density at radius 3 is 2.22 bits per heavy atom. The zero-order valence-electron chi connectivity index (χ0n) is 12.6. The number of nitrogens with one attached hydrogen (secondary N) is 1. The fraction of sp³-hybridized carbons (Fsp3) is 0.412. The lowest BCUT2D eigenvalue weighted by Crippen LogP contribution is -2.38. The second-order valence-electron chi connectivity index (χ2n) is 6.00. The third-order valence-corrected chi connectivity index (χ3v) is 4.53. The molecule has 1 aliphatic carbocycles. The van der Waals surface area contributed by atoms with Crippen molar-refractivity contribution in [2.45, 2.75) is 25.7 Å². The van der Waals surface area contributed by atoms with Gasteiger partial charge in [0.05, 0.1) is 23.5 Å². The van der Waals surface area contributed by atoms with Gasteiger partial charge in [-0.1, -0.05) is 12.8 Å². The molecule has 0 spiro atoms. The van der Waals surface area contributed by atoms with Crippen molar-refractivity contribution in [1.82, 2.24) is 4.90 Å². The van der Waals surface area contributed by atoms with Gasteiger partial charge in [-0.2, -0.15) is 5.26 Å². The van der Waals surface area contributed by atoms with E-state index in [0.717, 1.165) is 30.6 Å². The standard InChI is InChI=1S/C17H17N3O3/c18-9-11-5-7-12(8-6-11)19-15(21)10-20-16(22)13-3-1-2-4-14(13)17(20)23/h5-8,13-14H,1-4,10H2,(H,19,21)/t13-,14+. The maximum atomic E-state index is 12.3. The van der Waals surface area contributed by atoms with Crippen LogP contribution in [0.4, 0.5) is 5.69 Å². The van der Waals surface area contributed by atoms with E-state index in [1.807, 2.05) is 6.07 Å². The first kappa shape index (κ1) is 15.2. The van der Waals surface area contributed by atoms with Crippen LogP contribution in [-0.2, 0) is 14.4 Å². The van der Waals surface area contributed by atoms with E-state index in [4.69, 9.17) is 5.26 Å². The molecule has 3 amide bonds. The molecule has 0 aromatic heterocycles. The number of rotatable bonds is 3. The van der Waals surface area contributed by atoms with Crippen molar-refractivity contribution in [3.05, 3.63) is 29.8 Å². The number of hydrogen-bond donors (Lipinski definition) is 1. The molecule has 2 aliphatic rings. The number of likely N-dealkylation sites (tertiary alicyclic amines) is 1. The van der Waals surface area contributed by atoms with Crippen LogP contribution in [0.2, 0.25) is 0 Å². The lowest BCUT2D eigenvalue weighted by atomic mass is 9.81. The Hall–Kier alpha value is -2.68. The molecular formula is C17H17N3O3. The Bertz CT molecular complexity index is 666. The summed E-state index contributed by atoms with van der Waals surface area (Å²) >= 11 is 0. The van der Waals surface area contributed by atoms with Gasteiger partial charge in [-0.05, 0) is 37.1 Å².